The highest BCUT2D eigenvalue weighted by atomic mass is 35.5. The van der Waals surface area contributed by atoms with E-state index in [9.17, 15) is 4.79 Å². The van der Waals surface area contributed by atoms with Crippen LogP contribution in [0.15, 0.2) is 12.2 Å². The van der Waals surface area contributed by atoms with Crippen LogP contribution in [0.1, 0.15) is 6.42 Å². The molecule has 1 heterocycles. The van der Waals surface area contributed by atoms with Crippen molar-refractivity contribution in [2.75, 3.05) is 12.4 Å². The lowest BCUT2D eigenvalue weighted by Gasteiger charge is -2.15. The zero-order valence-corrected chi connectivity index (χ0v) is 6.40. The van der Waals surface area contributed by atoms with Crippen molar-refractivity contribution >= 4 is 17.4 Å². The van der Waals surface area contributed by atoms with E-state index in [1.165, 1.54) is 0 Å². The average molecular weight is 160 g/mol. The zero-order chi connectivity index (χ0) is 7.40. The van der Waals surface area contributed by atoms with Crippen LogP contribution in [-0.2, 0) is 4.79 Å². The Kier molecular flexibility index (Phi) is 2.90. The third-order valence-corrected chi connectivity index (χ3v) is 1.75. The summed E-state index contributed by atoms with van der Waals surface area (Å²) in [6.07, 6.45) is 4.88. The maximum Gasteiger partial charge on any atom is 0.168 e. The van der Waals surface area contributed by atoms with Gasteiger partial charge >= 0.3 is 0 Å². The van der Waals surface area contributed by atoms with Crippen LogP contribution in [0.3, 0.4) is 0 Å². The highest BCUT2D eigenvalue weighted by molar-refractivity contribution is 6.28. The molecule has 0 fully saturated rings. The molecule has 0 saturated carbocycles. The SMILES string of the molecule is O=C(CCl)C1C=CCCN1. The van der Waals surface area contributed by atoms with E-state index in [0.29, 0.717) is 0 Å². The number of rotatable bonds is 2. The molecule has 0 aromatic heterocycles. The smallest absolute Gasteiger partial charge is 0.168 e. The van der Waals surface area contributed by atoms with Crippen molar-refractivity contribution in [2.45, 2.75) is 12.5 Å². The topological polar surface area (TPSA) is 29.1 Å². The molecule has 0 aliphatic carbocycles. The molecule has 0 aromatic carbocycles. The van der Waals surface area contributed by atoms with Crippen LogP contribution in [0.5, 0.6) is 0 Å². The molecule has 0 spiro atoms. The van der Waals surface area contributed by atoms with Crippen molar-refractivity contribution in [3.63, 3.8) is 0 Å². The molecule has 1 atom stereocenters. The molecule has 3 heteroatoms. The fourth-order valence-corrected chi connectivity index (χ4v) is 1.09. The summed E-state index contributed by atoms with van der Waals surface area (Å²) in [6, 6.07) is -0.133. The third-order valence-electron chi connectivity index (χ3n) is 1.48. The summed E-state index contributed by atoms with van der Waals surface area (Å²) in [5, 5.41) is 3.05. The van der Waals surface area contributed by atoms with Gasteiger partial charge in [0.25, 0.3) is 0 Å². The second-order valence-corrected chi connectivity index (χ2v) is 2.52. The Balaban J connectivity index is 2.46. The monoisotopic (exact) mass is 159 g/mol. The van der Waals surface area contributed by atoms with Crippen LogP contribution in [0, 0.1) is 0 Å². The molecule has 1 aliphatic heterocycles. The van der Waals surface area contributed by atoms with E-state index in [0.717, 1.165) is 13.0 Å². The number of carbonyl (C=O) groups excluding carboxylic acids is 1. The Bertz CT molecular complexity index is 156. The van der Waals surface area contributed by atoms with E-state index in [-0.39, 0.29) is 17.7 Å². The van der Waals surface area contributed by atoms with Gasteiger partial charge < -0.3 is 5.32 Å². The van der Waals surface area contributed by atoms with Crippen molar-refractivity contribution < 1.29 is 4.79 Å². The fourth-order valence-electron chi connectivity index (χ4n) is 0.927. The number of hydrogen-bond donors (Lipinski definition) is 1. The first-order valence-corrected chi connectivity index (χ1v) is 3.87. The standard InChI is InChI=1S/C7H10ClNO/c8-5-7(10)6-3-1-2-4-9-6/h1,3,6,9H,2,4-5H2. The highest BCUT2D eigenvalue weighted by Crippen LogP contribution is 1.98. The third kappa shape index (κ3) is 1.82. The largest absolute Gasteiger partial charge is 0.304 e. The minimum atomic E-state index is -0.133. The van der Waals surface area contributed by atoms with E-state index in [2.05, 4.69) is 5.32 Å². The van der Waals surface area contributed by atoms with E-state index in [1.54, 1.807) is 0 Å². The van der Waals surface area contributed by atoms with Gasteiger partial charge in [0.15, 0.2) is 5.78 Å². The quantitative estimate of drug-likeness (QED) is 0.475. The highest BCUT2D eigenvalue weighted by Gasteiger charge is 2.14. The van der Waals surface area contributed by atoms with Gasteiger partial charge in [-0.1, -0.05) is 12.2 Å². The molecule has 1 unspecified atom stereocenters. The summed E-state index contributed by atoms with van der Waals surface area (Å²) in [5.74, 6) is 0.153. The number of halogens is 1. The first-order valence-electron chi connectivity index (χ1n) is 3.33. The number of carbonyl (C=O) groups is 1. The molecule has 56 valence electrons. The predicted octanol–water partition coefficient (Wildman–Crippen LogP) is 0.712. The maximum absolute atomic E-state index is 10.9. The molecule has 0 radical (unpaired) electrons. The molecule has 0 amide bonds. The number of Topliss-reactive ketones (excluding diaryl/α,β-unsaturated/α-hetero) is 1. The molecule has 1 N–H and O–H groups in total. The fraction of sp³-hybridized carbons (Fsp3) is 0.571. The summed E-state index contributed by atoms with van der Waals surface area (Å²) in [7, 11) is 0. The molecule has 0 saturated heterocycles. The Labute approximate surface area is 65.2 Å². The van der Waals surface area contributed by atoms with Gasteiger partial charge in [0.1, 0.15) is 0 Å². The van der Waals surface area contributed by atoms with Crippen LogP contribution in [0.25, 0.3) is 0 Å². The second-order valence-electron chi connectivity index (χ2n) is 2.25. The van der Waals surface area contributed by atoms with Gasteiger partial charge in [-0.25, -0.2) is 0 Å². The van der Waals surface area contributed by atoms with Gasteiger partial charge in [0, 0.05) is 0 Å². The van der Waals surface area contributed by atoms with Crippen molar-refractivity contribution in [3.8, 4) is 0 Å². The summed E-state index contributed by atoms with van der Waals surface area (Å²) in [4.78, 5) is 10.9. The normalized spacial score (nSPS) is 24.7. The van der Waals surface area contributed by atoms with Crippen LogP contribution in [0.4, 0.5) is 0 Å². The first kappa shape index (κ1) is 7.76. The van der Waals surface area contributed by atoms with Gasteiger partial charge in [-0.3, -0.25) is 4.79 Å². The summed E-state index contributed by atoms with van der Waals surface area (Å²) in [5.41, 5.74) is 0. The molecule has 0 aromatic rings. The number of ketones is 1. The van der Waals surface area contributed by atoms with Gasteiger partial charge in [0.05, 0.1) is 11.9 Å². The summed E-state index contributed by atoms with van der Waals surface area (Å²) in [6.45, 7) is 0.879. The van der Waals surface area contributed by atoms with Gasteiger partial charge in [-0.2, -0.15) is 0 Å². The molecular formula is C7H10ClNO. The maximum atomic E-state index is 10.9. The Hall–Kier alpha value is -0.340. The summed E-state index contributed by atoms with van der Waals surface area (Å²) >= 11 is 5.36. The van der Waals surface area contributed by atoms with Crippen molar-refractivity contribution in [3.05, 3.63) is 12.2 Å². The average Bonchev–Trinajstić information content (AvgIpc) is 2.05. The summed E-state index contributed by atoms with van der Waals surface area (Å²) < 4.78 is 0. The Morgan fingerprint density at radius 3 is 3.10 bits per heavy atom. The number of hydrogen-bond acceptors (Lipinski definition) is 2. The van der Waals surface area contributed by atoms with Crippen LogP contribution < -0.4 is 5.32 Å². The van der Waals surface area contributed by atoms with E-state index >= 15 is 0 Å². The second kappa shape index (κ2) is 3.74. The Morgan fingerprint density at radius 2 is 2.60 bits per heavy atom. The lowest BCUT2D eigenvalue weighted by Crippen LogP contribution is -2.38. The van der Waals surface area contributed by atoms with Gasteiger partial charge in [0.2, 0.25) is 0 Å². The van der Waals surface area contributed by atoms with E-state index in [1.807, 2.05) is 12.2 Å². The zero-order valence-electron chi connectivity index (χ0n) is 5.64. The van der Waals surface area contributed by atoms with Crippen molar-refractivity contribution in [2.24, 2.45) is 0 Å². The van der Waals surface area contributed by atoms with Crippen LogP contribution >= 0.6 is 11.6 Å². The molecule has 1 aliphatic rings. The number of alkyl halides is 1. The first-order chi connectivity index (χ1) is 4.84. The molecule has 1 rings (SSSR count). The lowest BCUT2D eigenvalue weighted by atomic mass is 10.1. The van der Waals surface area contributed by atoms with Crippen LogP contribution in [-0.4, -0.2) is 24.2 Å². The molecule has 10 heavy (non-hydrogen) atoms. The number of nitrogens with one attached hydrogen (secondary N) is 1. The van der Waals surface area contributed by atoms with Crippen molar-refractivity contribution in [1.82, 2.24) is 5.32 Å². The van der Waals surface area contributed by atoms with Crippen molar-refractivity contribution in [1.29, 1.82) is 0 Å². The minimum absolute atomic E-state index is 0.0533. The Morgan fingerprint density at radius 1 is 1.80 bits per heavy atom. The minimum Gasteiger partial charge on any atom is -0.304 e. The van der Waals surface area contributed by atoms with Gasteiger partial charge in [-0.15, -0.1) is 11.6 Å². The molecule has 0 bridgehead atoms. The van der Waals surface area contributed by atoms with Crippen LogP contribution in [0.2, 0.25) is 0 Å². The van der Waals surface area contributed by atoms with E-state index < -0.39 is 0 Å². The molecular weight excluding hydrogens is 150 g/mol. The predicted molar refractivity (Wildman–Crippen MR) is 41.3 cm³/mol. The van der Waals surface area contributed by atoms with Gasteiger partial charge in [-0.05, 0) is 13.0 Å². The molecule has 2 nitrogen and oxygen atoms in total. The van der Waals surface area contributed by atoms with E-state index in [4.69, 9.17) is 11.6 Å². The lowest BCUT2D eigenvalue weighted by molar-refractivity contribution is -0.117.